The SMILES string of the molecule is Oc1ccc2c(c1)C1=NNC(c3ccccc3)C1C(c1ccccc1)O2. The molecular formula is C22H18N2O2. The minimum atomic E-state index is -0.146. The number of nitrogens with zero attached hydrogens (tertiary/aromatic N) is 1. The Balaban J connectivity index is 1.65. The second-order valence-corrected chi connectivity index (χ2v) is 6.67. The number of phenolic OH excluding ortho intramolecular Hbond substituents is 1. The Labute approximate surface area is 151 Å². The van der Waals surface area contributed by atoms with Gasteiger partial charge in [0, 0.05) is 5.56 Å². The van der Waals surface area contributed by atoms with Crippen LogP contribution >= 0.6 is 0 Å². The fraction of sp³-hybridized carbons (Fsp3) is 0.136. The van der Waals surface area contributed by atoms with E-state index in [4.69, 9.17) is 4.74 Å². The lowest BCUT2D eigenvalue weighted by Crippen LogP contribution is -2.34. The maximum Gasteiger partial charge on any atom is 0.135 e. The van der Waals surface area contributed by atoms with E-state index in [0.717, 1.165) is 22.6 Å². The van der Waals surface area contributed by atoms with Gasteiger partial charge in [0.2, 0.25) is 0 Å². The molecule has 0 saturated heterocycles. The van der Waals surface area contributed by atoms with Crippen LogP contribution in [-0.2, 0) is 0 Å². The van der Waals surface area contributed by atoms with E-state index in [2.05, 4.69) is 34.8 Å². The molecule has 2 aliphatic rings. The summed E-state index contributed by atoms with van der Waals surface area (Å²) in [5.41, 5.74) is 7.38. The second kappa shape index (κ2) is 5.92. The third-order valence-electron chi connectivity index (χ3n) is 5.10. The van der Waals surface area contributed by atoms with Gasteiger partial charge in [-0.15, -0.1) is 0 Å². The van der Waals surface area contributed by atoms with E-state index in [1.165, 1.54) is 5.56 Å². The van der Waals surface area contributed by atoms with Crippen LogP contribution in [0.25, 0.3) is 0 Å². The molecule has 3 aromatic rings. The van der Waals surface area contributed by atoms with E-state index >= 15 is 0 Å². The average Bonchev–Trinajstić information content (AvgIpc) is 3.14. The number of nitrogens with one attached hydrogen (secondary N) is 1. The first-order chi connectivity index (χ1) is 12.8. The molecule has 5 rings (SSSR count). The molecule has 4 nitrogen and oxygen atoms in total. The van der Waals surface area contributed by atoms with Crippen LogP contribution in [0, 0.1) is 5.92 Å². The molecule has 4 heteroatoms. The molecule has 0 bridgehead atoms. The molecule has 128 valence electrons. The van der Waals surface area contributed by atoms with Crippen molar-refractivity contribution in [1.29, 1.82) is 0 Å². The van der Waals surface area contributed by atoms with E-state index in [0.29, 0.717) is 0 Å². The lowest BCUT2D eigenvalue weighted by molar-refractivity contribution is 0.144. The first-order valence-electron chi connectivity index (χ1n) is 8.74. The largest absolute Gasteiger partial charge is 0.508 e. The van der Waals surface area contributed by atoms with Crippen LogP contribution in [-0.4, -0.2) is 10.8 Å². The highest BCUT2D eigenvalue weighted by Crippen LogP contribution is 2.47. The first-order valence-corrected chi connectivity index (χ1v) is 8.74. The molecule has 0 amide bonds. The van der Waals surface area contributed by atoms with Crippen LogP contribution in [0.3, 0.4) is 0 Å². The highest BCUT2D eigenvalue weighted by molar-refractivity contribution is 6.07. The minimum absolute atomic E-state index is 0.0203. The maximum absolute atomic E-state index is 9.94. The smallest absolute Gasteiger partial charge is 0.135 e. The van der Waals surface area contributed by atoms with E-state index in [9.17, 15) is 5.11 Å². The Kier molecular flexibility index (Phi) is 3.42. The molecule has 3 atom stereocenters. The molecule has 0 aliphatic carbocycles. The summed E-state index contributed by atoms with van der Waals surface area (Å²) < 4.78 is 6.41. The third kappa shape index (κ3) is 2.34. The van der Waals surface area contributed by atoms with Gasteiger partial charge in [0.05, 0.1) is 17.7 Å². The predicted molar refractivity (Wildman–Crippen MR) is 100 cm³/mol. The molecule has 3 aromatic carbocycles. The molecule has 2 N–H and O–H groups in total. The number of rotatable bonds is 2. The standard InChI is InChI=1S/C22H18N2O2/c25-16-11-12-18-17(13-16)21-19(22(26-18)15-9-5-2-6-10-15)20(23-24-21)14-7-3-1-4-8-14/h1-13,19-20,22-23,25H. The van der Waals surface area contributed by atoms with Crippen molar-refractivity contribution >= 4 is 5.71 Å². The summed E-state index contributed by atoms with van der Waals surface area (Å²) in [6, 6.07) is 25.8. The lowest BCUT2D eigenvalue weighted by Gasteiger charge is -2.35. The van der Waals surface area contributed by atoms with Gasteiger partial charge in [-0.05, 0) is 29.3 Å². The van der Waals surface area contributed by atoms with Gasteiger partial charge in [-0.25, -0.2) is 0 Å². The van der Waals surface area contributed by atoms with E-state index in [1.807, 2.05) is 42.5 Å². The van der Waals surface area contributed by atoms with Crippen molar-refractivity contribution in [2.45, 2.75) is 12.1 Å². The molecule has 2 aliphatic heterocycles. The summed E-state index contributed by atoms with van der Waals surface area (Å²) >= 11 is 0. The van der Waals surface area contributed by atoms with E-state index in [1.54, 1.807) is 12.1 Å². The fourth-order valence-electron chi connectivity index (χ4n) is 3.90. The number of ether oxygens (including phenoxy) is 1. The minimum Gasteiger partial charge on any atom is -0.508 e. The van der Waals surface area contributed by atoms with E-state index in [-0.39, 0.29) is 23.8 Å². The lowest BCUT2D eigenvalue weighted by atomic mass is 9.79. The number of benzene rings is 3. The molecule has 0 spiro atoms. The summed E-state index contributed by atoms with van der Waals surface area (Å²) in [7, 11) is 0. The quantitative estimate of drug-likeness (QED) is 0.734. The van der Waals surface area contributed by atoms with Crippen LogP contribution in [0.1, 0.15) is 28.8 Å². The molecule has 3 unspecified atom stereocenters. The Bertz CT molecular complexity index is 970. The van der Waals surface area contributed by atoms with Crippen molar-refractivity contribution in [2.75, 3.05) is 0 Å². The average molecular weight is 342 g/mol. The highest BCUT2D eigenvalue weighted by atomic mass is 16.5. The summed E-state index contributed by atoms with van der Waals surface area (Å²) in [6.45, 7) is 0. The number of phenols is 1. The highest BCUT2D eigenvalue weighted by Gasteiger charge is 2.45. The number of hydrogen-bond acceptors (Lipinski definition) is 4. The molecule has 0 radical (unpaired) electrons. The van der Waals surface area contributed by atoms with Crippen molar-refractivity contribution in [1.82, 2.24) is 5.43 Å². The van der Waals surface area contributed by atoms with Gasteiger partial charge in [0.25, 0.3) is 0 Å². The zero-order valence-corrected chi connectivity index (χ0v) is 14.0. The fourth-order valence-corrected chi connectivity index (χ4v) is 3.90. The molecular weight excluding hydrogens is 324 g/mol. The normalized spacial score (nSPS) is 23.2. The number of aromatic hydroxyl groups is 1. The number of hydrogen-bond donors (Lipinski definition) is 2. The van der Waals surface area contributed by atoms with Crippen LogP contribution in [0.4, 0.5) is 0 Å². The summed E-state index contributed by atoms with van der Waals surface area (Å²) in [5, 5.41) is 14.6. The third-order valence-corrected chi connectivity index (χ3v) is 5.10. The second-order valence-electron chi connectivity index (χ2n) is 6.67. The van der Waals surface area contributed by atoms with Crippen molar-refractivity contribution in [3.05, 3.63) is 95.6 Å². The van der Waals surface area contributed by atoms with Gasteiger partial charge in [-0.3, -0.25) is 0 Å². The van der Waals surface area contributed by atoms with Crippen molar-refractivity contribution in [3.63, 3.8) is 0 Å². The van der Waals surface area contributed by atoms with E-state index < -0.39 is 0 Å². The zero-order valence-electron chi connectivity index (χ0n) is 14.0. The Morgan fingerprint density at radius 2 is 1.54 bits per heavy atom. The van der Waals surface area contributed by atoms with Crippen molar-refractivity contribution < 1.29 is 9.84 Å². The summed E-state index contributed by atoms with van der Waals surface area (Å²) in [5.74, 6) is 0.992. The topological polar surface area (TPSA) is 53.9 Å². The summed E-state index contributed by atoms with van der Waals surface area (Å²) in [6.07, 6.45) is -0.146. The monoisotopic (exact) mass is 342 g/mol. The molecule has 0 fully saturated rings. The maximum atomic E-state index is 9.94. The van der Waals surface area contributed by atoms with Gasteiger partial charge in [-0.1, -0.05) is 60.7 Å². The zero-order chi connectivity index (χ0) is 17.5. The predicted octanol–water partition coefficient (Wildman–Crippen LogP) is 4.19. The van der Waals surface area contributed by atoms with Crippen LogP contribution in [0.15, 0.2) is 84.0 Å². The van der Waals surface area contributed by atoms with Crippen LogP contribution in [0.5, 0.6) is 11.5 Å². The first kappa shape index (κ1) is 15.0. The Morgan fingerprint density at radius 1 is 0.846 bits per heavy atom. The van der Waals surface area contributed by atoms with Gasteiger partial charge in [-0.2, -0.15) is 5.10 Å². The Morgan fingerprint density at radius 3 is 2.27 bits per heavy atom. The summed E-state index contributed by atoms with van der Waals surface area (Å²) in [4.78, 5) is 0. The van der Waals surface area contributed by atoms with Gasteiger partial charge in [0.15, 0.2) is 0 Å². The molecule has 2 heterocycles. The molecule has 0 aromatic heterocycles. The van der Waals surface area contributed by atoms with Gasteiger partial charge < -0.3 is 15.3 Å². The number of hydrazone groups is 1. The van der Waals surface area contributed by atoms with Gasteiger partial charge in [0.1, 0.15) is 17.6 Å². The van der Waals surface area contributed by atoms with Crippen molar-refractivity contribution in [3.8, 4) is 11.5 Å². The van der Waals surface area contributed by atoms with Crippen LogP contribution in [0.2, 0.25) is 0 Å². The number of fused-ring (bicyclic) bond motifs is 3. The van der Waals surface area contributed by atoms with Crippen LogP contribution < -0.4 is 10.2 Å². The van der Waals surface area contributed by atoms with Crippen molar-refractivity contribution in [2.24, 2.45) is 11.0 Å². The van der Waals surface area contributed by atoms with Gasteiger partial charge >= 0.3 is 0 Å². The molecule has 0 saturated carbocycles. The molecule has 26 heavy (non-hydrogen) atoms. The Hall–Kier alpha value is -3.27.